The van der Waals surface area contributed by atoms with Crippen molar-refractivity contribution in [1.29, 1.82) is 0 Å². The number of allylic oxidation sites excluding steroid dienone is 1. The minimum Gasteiger partial charge on any atom is -0.360 e. The van der Waals surface area contributed by atoms with Gasteiger partial charge in [-0.25, -0.2) is 0 Å². The summed E-state index contributed by atoms with van der Waals surface area (Å²) in [4.78, 5) is 5.11. The van der Waals surface area contributed by atoms with E-state index in [0.29, 0.717) is 0 Å². The lowest BCUT2D eigenvalue weighted by molar-refractivity contribution is 0.664. The van der Waals surface area contributed by atoms with Gasteiger partial charge in [-0.05, 0) is 47.0 Å². The molecule has 0 saturated heterocycles. The quantitative estimate of drug-likeness (QED) is 0.276. The fraction of sp³-hybridized carbons (Fsp3) is 0.0294. The average molecular weight is 476 g/mol. The van der Waals surface area contributed by atoms with Gasteiger partial charge in [0.05, 0.1) is 16.7 Å². The molecule has 0 saturated carbocycles. The Kier molecular flexibility index (Phi) is 5.18. The second kappa shape index (κ2) is 8.96. The topological polar surface area (TPSA) is 29.3 Å². The molecule has 1 aliphatic rings. The zero-order valence-electron chi connectivity index (χ0n) is 20.3. The molecule has 3 nitrogen and oxygen atoms in total. The predicted octanol–water partition coefficient (Wildman–Crippen LogP) is 7.92. The Morgan fingerprint density at radius 1 is 0.541 bits per heavy atom. The van der Waals surface area contributed by atoms with Gasteiger partial charge in [-0.2, -0.15) is 0 Å². The van der Waals surface area contributed by atoms with E-state index in [-0.39, 0.29) is 6.17 Å². The van der Waals surface area contributed by atoms with E-state index in [9.17, 15) is 0 Å². The van der Waals surface area contributed by atoms with Gasteiger partial charge in [0, 0.05) is 22.2 Å². The summed E-state index contributed by atoms with van der Waals surface area (Å²) in [6, 6.07) is 46.9. The van der Waals surface area contributed by atoms with Crippen LogP contribution in [0.3, 0.4) is 0 Å². The van der Waals surface area contributed by atoms with Crippen molar-refractivity contribution in [2.75, 3.05) is 0 Å². The Morgan fingerprint density at radius 2 is 1.08 bits per heavy atom. The molecule has 7 rings (SSSR count). The number of hydrogen-bond donors (Lipinski definition) is 1. The fourth-order valence-corrected chi connectivity index (χ4v) is 5.25. The molecule has 6 aromatic rings. The Labute approximate surface area is 216 Å². The normalized spacial score (nSPS) is 15.3. The third-order valence-corrected chi connectivity index (χ3v) is 7.04. The van der Waals surface area contributed by atoms with Crippen molar-refractivity contribution in [2.45, 2.75) is 6.17 Å². The minimum atomic E-state index is -0.178. The number of fused-ring (bicyclic) bond motifs is 3. The van der Waals surface area contributed by atoms with Crippen LogP contribution in [0.25, 0.3) is 33.2 Å². The summed E-state index contributed by atoms with van der Waals surface area (Å²) in [5, 5.41) is 6.20. The Balaban J connectivity index is 1.30. The Bertz CT molecular complexity index is 1720. The highest BCUT2D eigenvalue weighted by atomic mass is 15.1. The van der Waals surface area contributed by atoms with Crippen molar-refractivity contribution < 1.29 is 0 Å². The van der Waals surface area contributed by atoms with Crippen LogP contribution in [0.4, 0.5) is 0 Å². The van der Waals surface area contributed by atoms with Crippen molar-refractivity contribution in [1.82, 2.24) is 9.88 Å². The van der Waals surface area contributed by atoms with Crippen LogP contribution in [0, 0.1) is 0 Å². The molecule has 37 heavy (non-hydrogen) atoms. The first-order chi connectivity index (χ1) is 18.3. The second-order valence-electron chi connectivity index (χ2n) is 9.31. The number of rotatable bonds is 4. The Hall–Kier alpha value is -4.89. The molecule has 0 bridgehead atoms. The van der Waals surface area contributed by atoms with Gasteiger partial charge in [0.1, 0.15) is 6.17 Å². The van der Waals surface area contributed by atoms with Crippen molar-refractivity contribution in [3.63, 3.8) is 0 Å². The van der Waals surface area contributed by atoms with Crippen LogP contribution in [0.5, 0.6) is 0 Å². The molecule has 0 aliphatic carbocycles. The highest BCUT2D eigenvalue weighted by Crippen LogP contribution is 2.33. The van der Waals surface area contributed by atoms with Crippen LogP contribution in [0.2, 0.25) is 0 Å². The van der Waals surface area contributed by atoms with Gasteiger partial charge in [-0.3, -0.25) is 4.99 Å². The molecule has 0 radical (unpaired) electrons. The standard InChI is InChI=1S/C34H25N3/c1-3-11-24(12-4-1)30-23-31(25-13-5-2-6-14-25)36-34(35-30)26-19-21-27(22-20-26)37-32-17-9-7-15-28(32)29-16-8-10-18-33(29)37/h1-23,34-35H. The molecule has 0 fully saturated rings. The van der Waals surface area contributed by atoms with Crippen molar-refractivity contribution in [3.05, 3.63) is 156 Å². The van der Waals surface area contributed by atoms with Crippen LogP contribution >= 0.6 is 0 Å². The highest BCUT2D eigenvalue weighted by Gasteiger charge is 2.20. The summed E-state index contributed by atoms with van der Waals surface area (Å²) in [7, 11) is 0. The van der Waals surface area contributed by atoms with Crippen molar-refractivity contribution >= 4 is 33.2 Å². The molecule has 1 atom stereocenters. The molecule has 0 amide bonds. The van der Waals surface area contributed by atoms with Crippen molar-refractivity contribution in [3.8, 4) is 5.69 Å². The maximum atomic E-state index is 5.11. The number of hydrogen-bond acceptors (Lipinski definition) is 2. The summed E-state index contributed by atoms with van der Waals surface area (Å²) >= 11 is 0. The van der Waals surface area contributed by atoms with E-state index in [1.54, 1.807) is 0 Å². The highest BCUT2D eigenvalue weighted by molar-refractivity contribution is 6.13. The largest absolute Gasteiger partial charge is 0.360 e. The van der Waals surface area contributed by atoms with E-state index in [2.05, 4.69) is 137 Å². The third kappa shape index (κ3) is 3.82. The zero-order valence-corrected chi connectivity index (χ0v) is 20.3. The number of nitrogens with zero attached hydrogens (tertiary/aromatic N) is 2. The van der Waals surface area contributed by atoms with Gasteiger partial charge in [-0.1, -0.05) is 109 Å². The van der Waals surface area contributed by atoms with Gasteiger partial charge >= 0.3 is 0 Å². The van der Waals surface area contributed by atoms with E-state index in [1.807, 2.05) is 12.1 Å². The SMILES string of the molecule is C1=C(c2ccccc2)NC(c2ccc(-n3c4ccccc4c4ccccc43)cc2)N=C1c1ccccc1. The zero-order chi connectivity index (χ0) is 24.6. The van der Waals surface area contributed by atoms with Crippen LogP contribution in [0.15, 0.2) is 145 Å². The van der Waals surface area contributed by atoms with Gasteiger partial charge in [-0.15, -0.1) is 0 Å². The van der Waals surface area contributed by atoms with E-state index < -0.39 is 0 Å². The van der Waals surface area contributed by atoms with Crippen LogP contribution in [-0.2, 0) is 0 Å². The maximum Gasteiger partial charge on any atom is 0.145 e. The summed E-state index contributed by atoms with van der Waals surface area (Å²) in [5.41, 5.74) is 9.02. The number of aromatic nitrogens is 1. The molecule has 0 spiro atoms. The first kappa shape index (κ1) is 21.4. The molecule has 5 aromatic carbocycles. The van der Waals surface area contributed by atoms with Crippen LogP contribution in [0.1, 0.15) is 22.9 Å². The first-order valence-corrected chi connectivity index (χ1v) is 12.6. The van der Waals surface area contributed by atoms with Gasteiger partial charge < -0.3 is 9.88 Å². The molecular weight excluding hydrogens is 450 g/mol. The molecule has 2 heterocycles. The van der Waals surface area contributed by atoms with Gasteiger partial charge in [0.25, 0.3) is 0 Å². The van der Waals surface area contributed by atoms with E-state index in [0.717, 1.165) is 33.8 Å². The molecular formula is C34H25N3. The van der Waals surface area contributed by atoms with E-state index in [1.165, 1.54) is 21.8 Å². The molecule has 3 heteroatoms. The monoisotopic (exact) mass is 475 g/mol. The number of aliphatic imine (C=N–C) groups is 1. The third-order valence-electron chi connectivity index (χ3n) is 7.04. The molecule has 1 aliphatic heterocycles. The maximum absolute atomic E-state index is 5.11. The molecule has 1 aromatic heterocycles. The van der Waals surface area contributed by atoms with Gasteiger partial charge in [0.2, 0.25) is 0 Å². The lowest BCUT2D eigenvalue weighted by atomic mass is 10.0. The van der Waals surface area contributed by atoms with Gasteiger partial charge in [0.15, 0.2) is 0 Å². The smallest absolute Gasteiger partial charge is 0.145 e. The summed E-state index contributed by atoms with van der Waals surface area (Å²) in [6.07, 6.45) is 1.97. The number of nitrogens with one attached hydrogen (secondary N) is 1. The molecule has 1 unspecified atom stereocenters. The van der Waals surface area contributed by atoms with Crippen LogP contribution < -0.4 is 5.32 Å². The fourth-order valence-electron chi connectivity index (χ4n) is 5.25. The second-order valence-corrected chi connectivity index (χ2v) is 9.31. The number of benzene rings is 5. The average Bonchev–Trinajstić information content (AvgIpc) is 3.32. The summed E-state index contributed by atoms with van der Waals surface area (Å²) in [6.45, 7) is 0. The lowest BCUT2D eigenvalue weighted by Crippen LogP contribution is -2.24. The van der Waals surface area contributed by atoms with Crippen LogP contribution in [-0.4, -0.2) is 10.3 Å². The minimum absolute atomic E-state index is 0.178. The molecule has 1 N–H and O–H groups in total. The first-order valence-electron chi connectivity index (χ1n) is 12.6. The van der Waals surface area contributed by atoms with E-state index >= 15 is 0 Å². The lowest BCUT2D eigenvalue weighted by Gasteiger charge is -2.25. The predicted molar refractivity (Wildman–Crippen MR) is 154 cm³/mol. The van der Waals surface area contributed by atoms with E-state index in [4.69, 9.17) is 4.99 Å². The Morgan fingerprint density at radius 3 is 1.70 bits per heavy atom. The number of para-hydroxylation sites is 2. The van der Waals surface area contributed by atoms with Crippen molar-refractivity contribution in [2.24, 2.45) is 4.99 Å². The summed E-state index contributed by atoms with van der Waals surface area (Å²) < 4.78 is 2.34. The molecule has 176 valence electrons. The summed E-state index contributed by atoms with van der Waals surface area (Å²) in [5.74, 6) is 0.